The van der Waals surface area contributed by atoms with Crippen LogP contribution in [0.15, 0.2) is 24.3 Å². The van der Waals surface area contributed by atoms with Gasteiger partial charge in [-0.1, -0.05) is 17.7 Å². The highest BCUT2D eigenvalue weighted by Gasteiger charge is 2.21. The first-order valence-corrected chi connectivity index (χ1v) is 6.96. The average molecular weight is 273 g/mol. The predicted octanol–water partition coefficient (Wildman–Crippen LogP) is 2.84. The maximum Gasteiger partial charge on any atom is 0.124 e. The highest BCUT2D eigenvalue weighted by Crippen LogP contribution is 2.31. The van der Waals surface area contributed by atoms with Crippen LogP contribution in [0.1, 0.15) is 35.5 Å². The molecule has 108 valence electrons. The molecule has 1 heterocycles. The summed E-state index contributed by atoms with van der Waals surface area (Å²) < 4.78 is 7.56. The molecule has 4 heteroatoms. The second-order valence-electron chi connectivity index (χ2n) is 4.99. The Hall–Kier alpha value is -1.81. The van der Waals surface area contributed by atoms with Gasteiger partial charge in [-0.05, 0) is 40.0 Å². The molecule has 0 fully saturated rings. The largest absolute Gasteiger partial charge is 0.496 e. The lowest BCUT2D eigenvalue weighted by Crippen LogP contribution is -2.22. The number of rotatable bonds is 5. The predicted molar refractivity (Wildman–Crippen MR) is 81.3 cm³/mol. The van der Waals surface area contributed by atoms with Crippen LogP contribution in [-0.4, -0.2) is 23.9 Å². The molecule has 0 radical (unpaired) electrons. The van der Waals surface area contributed by atoms with Crippen LogP contribution in [0.3, 0.4) is 0 Å². The van der Waals surface area contributed by atoms with Crippen molar-refractivity contribution in [3.63, 3.8) is 0 Å². The lowest BCUT2D eigenvalue weighted by Gasteiger charge is -2.21. The molecule has 2 rings (SSSR count). The molecule has 4 nitrogen and oxygen atoms in total. The van der Waals surface area contributed by atoms with Gasteiger partial charge >= 0.3 is 0 Å². The van der Waals surface area contributed by atoms with Gasteiger partial charge in [0.05, 0.1) is 24.5 Å². The van der Waals surface area contributed by atoms with Gasteiger partial charge in [0.1, 0.15) is 5.75 Å². The summed E-state index contributed by atoms with van der Waals surface area (Å²) >= 11 is 0. The minimum Gasteiger partial charge on any atom is -0.496 e. The molecular formula is C16H23N3O. The van der Waals surface area contributed by atoms with E-state index in [9.17, 15) is 0 Å². The Labute approximate surface area is 120 Å². The monoisotopic (exact) mass is 273 g/mol. The molecule has 0 aliphatic carbocycles. The van der Waals surface area contributed by atoms with E-state index in [-0.39, 0.29) is 6.04 Å². The molecule has 0 aliphatic heterocycles. The fraction of sp³-hybridized carbons (Fsp3) is 0.438. The van der Waals surface area contributed by atoms with Gasteiger partial charge in [0.2, 0.25) is 0 Å². The van der Waals surface area contributed by atoms with Crippen molar-refractivity contribution in [1.29, 1.82) is 0 Å². The van der Waals surface area contributed by atoms with Crippen molar-refractivity contribution in [2.75, 3.05) is 14.2 Å². The molecule has 0 saturated heterocycles. The Bertz CT molecular complexity index is 589. The Balaban J connectivity index is 2.54. The summed E-state index contributed by atoms with van der Waals surface area (Å²) in [5.74, 6) is 0.899. The molecule has 20 heavy (non-hydrogen) atoms. The minimum atomic E-state index is 0.0750. The van der Waals surface area contributed by atoms with Crippen LogP contribution in [0.2, 0.25) is 0 Å². The number of hydrogen-bond donors (Lipinski definition) is 1. The van der Waals surface area contributed by atoms with E-state index >= 15 is 0 Å². The number of methoxy groups -OCH3 is 1. The second kappa shape index (κ2) is 6.09. The highest BCUT2D eigenvalue weighted by molar-refractivity contribution is 5.42. The zero-order valence-corrected chi connectivity index (χ0v) is 12.9. The summed E-state index contributed by atoms with van der Waals surface area (Å²) in [6.07, 6.45) is 0. The van der Waals surface area contributed by atoms with Crippen molar-refractivity contribution in [2.45, 2.75) is 33.4 Å². The summed E-state index contributed by atoms with van der Waals surface area (Å²) in [5, 5.41) is 7.92. The molecule has 0 amide bonds. The fourth-order valence-corrected chi connectivity index (χ4v) is 2.59. The van der Waals surface area contributed by atoms with Gasteiger partial charge in [0.15, 0.2) is 0 Å². The zero-order valence-electron chi connectivity index (χ0n) is 12.9. The summed E-state index contributed by atoms with van der Waals surface area (Å²) in [6.45, 7) is 7.08. The molecule has 0 aliphatic rings. The Kier molecular flexibility index (Phi) is 4.45. The summed E-state index contributed by atoms with van der Waals surface area (Å²) in [4.78, 5) is 0. The third-order valence-electron chi connectivity index (χ3n) is 3.51. The molecule has 1 N–H and O–H groups in total. The standard InChI is InChI=1S/C16H23N3O/c1-6-19-14(10-12(3)18-19)16(17-4)13-9-11(2)7-8-15(13)20-5/h7-10,16-17H,6H2,1-5H3. The van der Waals surface area contributed by atoms with Gasteiger partial charge in [-0.2, -0.15) is 5.10 Å². The second-order valence-corrected chi connectivity index (χ2v) is 4.99. The molecule has 0 bridgehead atoms. The van der Waals surface area contributed by atoms with Crippen LogP contribution >= 0.6 is 0 Å². The van der Waals surface area contributed by atoms with Gasteiger partial charge in [0.25, 0.3) is 0 Å². The molecule has 0 saturated carbocycles. The summed E-state index contributed by atoms with van der Waals surface area (Å²) in [7, 11) is 3.68. The minimum absolute atomic E-state index is 0.0750. The topological polar surface area (TPSA) is 39.1 Å². The van der Waals surface area contributed by atoms with E-state index in [0.717, 1.165) is 29.2 Å². The molecule has 1 aromatic heterocycles. The normalized spacial score (nSPS) is 12.4. The van der Waals surface area contributed by atoms with E-state index in [1.165, 1.54) is 5.56 Å². The molecule has 1 atom stereocenters. The van der Waals surface area contributed by atoms with E-state index in [4.69, 9.17) is 4.74 Å². The summed E-state index contributed by atoms with van der Waals surface area (Å²) in [5.41, 5.74) is 4.56. The van der Waals surface area contributed by atoms with Gasteiger partial charge in [0, 0.05) is 12.1 Å². The van der Waals surface area contributed by atoms with Gasteiger partial charge in [-0.15, -0.1) is 0 Å². The number of nitrogens with one attached hydrogen (secondary N) is 1. The van der Waals surface area contributed by atoms with Crippen LogP contribution < -0.4 is 10.1 Å². The first-order chi connectivity index (χ1) is 9.60. The number of hydrogen-bond acceptors (Lipinski definition) is 3. The number of aromatic nitrogens is 2. The molecule has 0 spiro atoms. The summed E-state index contributed by atoms with van der Waals surface area (Å²) in [6, 6.07) is 8.46. The number of nitrogens with zero attached hydrogens (tertiary/aromatic N) is 2. The molecule has 2 aromatic rings. The Morgan fingerprint density at radius 1 is 1.30 bits per heavy atom. The van der Waals surface area contributed by atoms with Crippen molar-refractivity contribution < 1.29 is 4.74 Å². The lowest BCUT2D eigenvalue weighted by atomic mass is 10.00. The van der Waals surface area contributed by atoms with Crippen molar-refractivity contribution in [1.82, 2.24) is 15.1 Å². The SMILES string of the molecule is CCn1nc(C)cc1C(NC)c1cc(C)ccc1OC. The number of benzene rings is 1. The number of aryl methyl sites for hydroxylation is 3. The molecule has 1 unspecified atom stereocenters. The van der Waals surface area contributed by atoms with Crippen molar-refractivity contribution in [3.8, 4) is 5.75 Å². The van der Waals surface area contributed by atoms with E-state index in [1.54, 1.807) is 7.11 Å². The first kappa shape index (κ1) is 14.6. The van der Waals surface area contributed by atoms with Crippen molar-refractivity contribution in [2.24, 2.45) is 0 Å². The Morgan fingerprint density at radius 3 is 2.65 bits per heavy atom. The molecular weight excluding hydrogens is 250 g/mol. The van der Waals surface area contributed by atoms with Gasteiger partial charge < -0.3 is 10.1 Å². The fourth-order valence-electron chi connectivity index (χ4n) is 2.59. The van der Waals surface area contributed by atoms with Crippen molar-refractivity contribution >= 4 is 0 Å². The first-order valence-electron chi connectivity index (χ1n) is 6.96. The van der Waals surface area contributed by atoms with E-state index in [1.807, 2.05) is 24.7 Å². The van der Waals surface area contributed by atoms with E-state index in [2.05, 4.69) is 42.5 Å². The van der Waals surface area contributed by atoms with Crippen LogP contribution in [0.5, 0.6) is 5.75 Å². The quantitative estimate of drug-likeness (QED) is 0.910. The highest BCUT2D eigenvalue weighted by atomic mass is 16.5. The van der Waals surface area contributed by atoms with E-state index < -0.39 is 0 Å². The molecule has 1 aromatic carbocycles. The Morgan fingerprint density at radius 2 is 2.05 bits per heavy atom. The van der Waals surface area contributed by atoms with E-state index in [0.29, 0.717) is 0 Å². The zero-order chi connectivity index (χ0) is 14.7. The lowest BCUT2D eigenvalue weighted by molar-refractivity contribution is 0.403. The van der Waals surface area contributed by atoms with Crippen molar-refractivity contribution in [3.05, 3.63) is 46.8 Å². The van der Waals surface area contributed by atoms with Crippen LogP contribution in [0.25, 0.3) is 0 Å². The van der Waals surface area contributed by atoms with Crippen LogP contribution in [-0.2, 0) is 6.54 Å². The van der Waals surface area contributed by atoms with Crippen LogP contribution in [0, 0.1) is 13.8 Å². The van der Waals surface area contributed by atoms with Gasteiger partial charge in [-0.3, -0.25) is 4.68 Å². The smallest absolute Gasteiger partial charge is 0.124 e. The van der Waals surface area contributed by atoms with Gasteiger partial charge in [-0.25, -0.2) is 0 Å². The third-order valence-corrected chi connectivity index (χ3v) is 3.51. The third kappa shape index (κ3) is 2.70. The number of ether oxygens (including phenoxy) is 1. The van der Waals surface area contributed by atoms with Crippen LogP contribution in [0.4, 0.5) is 0 Å². The average Bonchev–Trinajstić information content (AvgIpc) is 2.81. The maximum absolute atomic E-state index is 5.52. The maximum atomic E-state index is 5.52.